The highest BCUT2D eigenvalue weighted by Crippen LogP contribution is 2.35. The van der Waals surface area contributed by atoms with Gasteiger partial charge in [0.05, 0.1) is 11.0 Å². The number of benzene rings is 2. The lowest BCUT2D eigenvalue weighted by atomic mass is 9.84. The van der Waals surface area contributed by atoms with Crippen LogP contribution in [0, 0.1) is 0 Å². The van der Waals surface area contributed by atoms with E-state index in [1.54, 1.807) is 25.1 Å². The van der Waals surface area contributed by atoms with Crippen LogP contribution in [0.15, 0.2) is 46.0 Å². The summed E-state index contributed by atoms with van der Waals surface area (Å²) in [6, 6.07) is 10.7. The van der Waals surface area contributed by atoms with Crippen LogP contribution < -0.4 is 25.9 Å². The number of carbonyl (C=O) groups excluding carboxylic acids is 1. The molecule has 0 atom stereocenters. The number of nitrogens with one attached hydrogen (secondary N) is 2. The summed E-state index contributed by atoms with van der Waals surface area (Å²) in [4.78, 5) is 39.2. The second kappa shape index (κ2) is 7.94. The lowest BCUT2D eigenvalue weighted by Gasteiger charge is -2.28. The molecule has 4 rings (SSSR count). The van der Waals surface area contributed by atoms with Crippen LogP contribution in [0.1, 0.15) is 36.7 Å². The first kappa shape index (κ1) is 20.7. The van der Waals surface area contributed by atoms with Crippen LogP contribution in [-0.4, -0.2) is 35.2 Å². The molecule has 162 valence electrons. The predicted molar refractivity (Wildman–Crippen MR) is 117 cm³/mol. The quantitative estimate of drug-likeness (QED) is 0.613. The molecular formula is C23H25N3O5. The van der Waals surface area contributed by atoms with Crippen LogP contribution in [0.2, 0.25) is 0 Å². The number of aromatic amines is 1. The summed E-state index contributed by atoms with van der Waals surface area (Å²) < 4.78 is 12.6. The van der Waals surface area contributed by atoms with Crippen LogP contribution in [0.3, 0.4) is 0 Å². The number of aryl methyl sites for hydroxylation is 1. The molecule has 31 heavy (non-hydrogen) atoms. The van der Waals surface area contributed by atoms with E-state index >= 15 is 0 Å². The summed E-state index contributed by atoms with van der Waals surface area (Å²) in [6.07, 6.45) is 0. The lowest BCUT2D eigenvalue weighted by molar-refractivity contribution is 0.0945. The van der Waals surface area contributed by atoms with E-state index in [1.165, 1.54) is 4.57 Å². The highest BCUT2D eigenvalue weighted by molar-refractivity contribution is 5.97. The molecule has 0 spiro atoms. The van der Waals surface area contributed by atoms with E-state index < -0.39 is 11.1 Å². The molecule has 1 aliphatic rings. The van der Waals surface area contributed by atoms with Gasteiger partial charge in [-0.15, -0.1) is 0 Å². The van der Waals surface area contributed by atoms with Gasteiger partial charge in [-0.2, -0.15) is 0 Å². The number of ether oxygens (including phenoxy) is 2. The number of amides is 1. The Morgan fingerprint density at radius 1 is 1.10 bits per heavy atom. The van der Waals surface area contributed by atoms with Crippen molar-refractivity contribution < 1.29 is 14.3 Å². The molecule has 0 radical (unpaired) electrons. The number of hydrogen-bond donors (Lipinski definition) is 2. The van der Waals surface area contributed by atoms with E-state index in [-0.39, 0.29) is 11.3 Å². The summed E-state index contributed by atoms with van der Waals surface area (Å²) in [7, 11) is 0. The topological polar surface area (TPSA) is 102 Å². The lowest BCUT2D eigenvalue weighted by Crippen LogP contribution is -2.37. The van der Waals surface area contributed by atoms with Gasteiger partial charge in [0.15, 0.2) is 11.5 Å². The smallest absolute Gasteiger partial charge is 0.316 e. The highest BCUT2D eigenvalue weighted by atomic mass is 16.6. The predicted octanol–water partition coefficient (Wildman–Crippen LogP) is 2.19. The van der Waals surface area contributed by atoms with Crippen molar-refractivity contribution in [2.45, 2.75) is 32.7 Å². The molecule has 0 saturated heterocycles. The summed E-state index contributed by atoms with van der Waals surface area (Å²) >= 11 is 0. The third-order valence-electron chi connectivity index (χ3n) is 5.57. The number of fused-ring (bicyclic) bond motifs is 2. The van der Waals surface area contributed by atoms with Crippen molar-refractivity contribution in [1.29, 1.82) is 0 Å². The maximum absolute atomic E-state index is 12.8. The summed E-state index contributed by atoms with van der Waals surface area (Å²) in [5.41, 5.74) is 0.805. The molecule has 0 unspecified atom stereocenters. The Morgan fingerprint density at radius 3 is 2.58 bits per heavy atom. The van der Waals surface area contributed by atoms with Crippen molar-refractivity contribution in [3.05, 3.63) is 68.2 Å². The maximum atomic E-state index is 12.8. The SMILES string of the molecule is CCn1c(=O)c(=O)[nH]c2cc(C(=O)NCC(C)(C)c3ccc4c(c3)OCCO4)ccc21. The molecule has 0 fully saturated rings. The molecule has 1 aromatic heterocycles. The third-order valence-corrected chi connectivity index (χ3v) is 5.57. The minimum absolute atomic E-state index is 0.261. The first-order chi connectivity index (χ1) is 14.8. The minimum atomic E-state index is -0.702. The monoisotopic (exact) mass is 423 g/mol. The number of rotatable bonds is 5. The Morgan fingerprint density at radius 2 is 1.84 bits per heavy atom. The average Bonchev–Trinajstić information content (AvgIpc) is 2.77. The number of aromatic nitrogens is 2. The fourth-order valence-corrected chi connectivity index (χ4v) is 3.70. The molecule has 1 aliphatic heterocycles. The van der Waals surface area contributed by atoms with E-state index in [4.69, 9.17) is 9.47 Å². The van der Waals surface area contributed by atoms with E-state index in [2.05, 4.69) is 10.3 Å². The molecule has 2 heterocycles. The molecule has 0 aliphatic carbocycles. The first-order valence-electron chi connectivity index (χ1n) is 10.3. The Labute approximate surface area is 178 Å². The number of H-pyrrole nitrogens is 1. The van der Waals surface area contributed by atoms with Gasteiger partial charge < -0.3 is 24.3 Å². The van der Waals surface area contributed by atoms with Crippen LogP contribution in [0.4, 0.5) is 0 Å². The molecule has 8 heteroatoms. The van der Waals surface area contributed by atoms with Gasteiger partial charge in [-0.3, -0.25) is 14.4 Å². The zero-order valence-corrected chi connectivity index (χ0v) is 17.8. The zero-order valence-electron chi connectivity index (χ0n) is 17.8. The molecule has 2 N–H and O–H groups in total. The summed E-state index contributed by atoms with van der Waals surface area (Å²) in [6.45, 7) is 7.69. The van der Waals surface area contributed by atoms with E-state index in [0.717, 1.165) is 11.3 Å². The highest BCUT2D eigenvalue weighted by Gasteiger charge is 2.24. The first-order valence-corrected chi connectivity index (χ1v) is 10.3. The van der Waals surface area contributed by atoms with Gasteiger partial charge >= 0.3 is 11.1 Å². The average molecular weight is 423 g/mol. The van der Waals surface area contributed by atoms with Crippen molar-refractivity contribution in [1.82, 2.24) is 14.9 Å². The Balaban J connectivity index is 1.54. The van der Waals surface area contributed by atoms with Crippen molar-refractivity contribution in [2.24, 2.45) is 0 Å². The molecule has 2 aromatic carbocycles. The maximum Gasteiger partial charge on any atom is 0.316 e. The van der Waals surface area contributed by atoms with Crippen molar-refractivity contribution in [2.75, 3.05) is 19.8 Å². The second-order valence-corrected chi connectivity index (χ2v) is 8.16. The Kier molecular flexibility index (Phi) is 5.31. The number of hydrogen-bond acceptors (Lipinski definition) is 5. The van der Waals surface area contributed by atoms with Crippen LogP contribution in [0.25, 0.3) is 11.0 Å². The fourth-order valence-electron chi connectivity index (χ4n) is 3.70. The largest absolute Gasteiger partial charge is 0.486 e. The molecule has 3 aromatic rings. The van der Waals surface area contributed by atoms with Gasteiger partial charge in [0.2, 0.25) is 0 Å². The molecule has 0 bridgehead atoms. The summed E-state index contributed by atoms with van der Waals surface area (Å²) in [5.74, 6) is 1.18. The van der Waals surface area contributed by atoms with Crippen molar-refractivity contribution >= 4 is 16.9 Å². The minimum Gasteiger partial charge on any atom is -0.486 e. The zero-order chi connectivity index (χ0) is 22.2. The van der Waals surface area contributed by atoms with E-state index in [1.807, 2.05) is 32.0 Å². The Hall–Kier alpha value is -3.55. The van der Waals surface area contributed by atoms with Gasteiger partial charge in [0, 0.05) is 24.1 Å². The Bertz CT molecular complexity index is 1270. The molecule has 1 amide bonds. The van der Waals surface area contributed by atoms with Gasteiger partial charge in [0.25, 0.3) is 5.91 Å². The standard InChI is InChI=1S/C23H25N3O5/c1-4-26-17-7-5-14(11-16(17)25-21(28)22(26)29)20(27)24-13-23(2,3)15-6-8-18-19(12-15)31-10-9-30-18/h5-8,11-12H,4,9-10,13H2,1-3H3,(H,24,27)(H,25,28). The van der Waals surface area contributed by atoms with Crippen molar-refractivity contribution in [3.8, 4) is 11.5 Å². The van der Waals surface area contributed by atoms with Crippen LogP contribution in [-0.2, 0) is 12.0 Å². The van der Waals surface area contributed by atoms with E-state index in [0.29, 0.717) is 48.6 Å². The normalized spacial score (nSPS) is 13.3. The second-order valence-electron chi connectivity index (χ2n) is 8.16. The van der Waals surface area contributed by atoms with Crippen LogP contribution >= 0.6 is 0 Å². The molecule has 0 saturated carbocycles. The van der Waals surface area contributed by atoms with Gasteiger partial charge in [-0.1, -0.05) is 19.9 Å². The van der Waals surface area contributed by atoms with Gasteiger partial charge in [-0.05, 0) is 42.8 Å². The molecular weight excluding hydrogens is 398 g/mol. The van der Waals surface area contributed by atoms with E-state index in [9.17, 15) is 14.4 Å². The number of nitrogens with zero attached hydrogens (tertiary/aromatic N) is 1. The summed E-state index contributed by atoms with van der Waals surface area (Å²) in [5, 5.41) is 2.97. The third kappa shape index (κ3) is 3.93. The van der Waals surface area contributed by atoms with Gasteiger partial charge in [0.1, 0.15) is 13.2 Å². The van der Waals surface area contributed by atoms with Gasteiger partial charge in [-0.25, -0.2) is 0 Å². The van der Waals surface area contributed by atoms with Crippen LogP contribution in [0.5, 0.6) is 11.5 Å². The van der Waals surface area contributed by atoms with Crippen molar-refractivity contribution in [3.63, 3.8) is 0 Å². The number of carbonyl (C=O) groups is 1. The molecule has 8 nitrogen and oxygen atoms in total. The fraction of sp³-hybridized carbons (Fsp3) is 0.348.